The summed E-state index contributed by atoms with van der Waals surface area (Å²) in [5, 5.41) is 3.10. The van der Waals surface area contributed by atoms with Crippen molar-refractivity contribution in [3.05, 3.63) is 59.4 Å². The number of aliphatic imine (C=N–C) groups is 1. The normalized spacial score (nSPS) is 25.7. The van der Waals surface area contributed by atoms with E-state index in [9.17, 15) is 18.0 Å². The minimum absolute atomic E-state index is 0.0140. The Labute approximate surface area is 194 Å². The van der Waals surface area contributed by atoms with Gasteiger partial charge in [-0.1, -0.05) is 57.2 Å². The van der Waals surface area contributed by atoms with E-state index in [0.29, 0.717) is 18.5 Å². The Morgan fingerprint density at radius 2 is 1.91 bits per heavy atom. The lowest BCUT2D eigenvalue weighted by atomic mass is 9.86. The van der Waals surface area contributed by atoms with E-state index in [0.717, 1.165) is 19.3 Å². The van der Waals surface area contributed by atoms with Gasteiger partial charge in [-0.3, -0.25) is 9.79 Å². The van der Waals surface area contributed by atoms with E-state index in [-0.39, 0.29) is 35.0 Å². The first-order valence-electron chi connectivity index (χ1n) is 11.4. The third-order valence-corrected chi connectivity index (χ3v) is 6.02. The van der Waals surface area contributed by atoms with Crippen molar-refractivity contribution in [3.8, 4) is 0 Å². The van der Waals surface area contributed by atoms with Crippen LogP contribution in [0.4, 0.5) is 13.2 Å². The van der Waals surface area contributed by atoms with Crippen LogP contribution in [0.3, 0.4) is 0 Å². The summed E-state index contributed by atoms with van der Waals surface area (Å²) >= 11 is 0. The highest BCUT2D eigenvalue weighted by molar-refractivity contribution is 5.83. The molecule has 0 saturated heterocycles. The third kappa shape index (κ3) is 7.76. The average molecular weight is 463 g/mol. The van der Waals surface area contributed by atoms with Crippen LogP contribution in [0.15, 0.2) is 53.2 Å². The van der Waals surface area contributed by atoms with Gasteiger partial charge in [-0.05, 0) is 54.2 Å². The van der Waals surface area contributed by atoms with Crippen LogP contribution in [0.5, 0.6) is 0 Å². The number of carbonyl (C=O) groups is 1. The molecule has 7 heteroatoms. The average Bonchev–Trinajstić information content (AvgIpc) is 3.51. The lowest BCUT2D eigenvalue weighted by Crippen LogP contribution is -2.38. The van der Waals surface area contributed by atoms with E-state index in [2.05, 4.69) is 61.9 Å². The summed E-state index contributed by atoms with van der Waals surface area (Å²) < 4.78 is 42.3. The van der Waals surface area contributed by atoms with Gasteiger partial charge in [-0.2, -0.15) is 13.2 Å². The largest absolute Gasteiger partial charge is 0.483 e. The first-order valence-corrected chi connectivity index (χ1v) is 11.4. The summed E-state index contributed by atoms with van der Waals surface area (Å²) in [4.78, 5) is 17.1. The number of nitrogens with one attached hydrogen (secondary N) is 1. The van der Waals surface area contributed by atoms with E-state index in [1.54, 1.807) is 0 Å². The number of alkyl halides is 3. The zero-order valence-corrected chi connectivity index (χ0v) is 19.5. The molecule has 1 fully saturated rings. The maximum atomic E-state index is 12.8. The van der Waals surface area contributed by atoms with Gasteiger partial charge in [0.15, 0.2) is 6.61 Å². The molecule has 3 atom stereocenters. The molecule has 3 unspecified atom stereocenters. The topological polar surface area (TPSA) is 50.7 Å². The van der Waals surface area contributed by atoms with Crippen LogP contribution in [0.25, 0.3) is 0 Å². The van der Waals surface area contributed by atoms with E-state index in [1.807, 2.05) is 0 Å². The van der Waals surface area contributed by atoms with Crippen LogP contribution in [0.1, 0.15) is 63.5 Å². The fourth-order valence-corrected chi connectivity index (χ4v) is 4.00. The number of amides is 1. The highest BCUT2D eigenvalue weighted by Crippen LogP contribution is 2.47. The quantitative estimate of drug-likeness (QED) is 0.597. The second-order valence-corrected chi connectivity index (χ2v) is 10.0. The fraction of sp³-hybridized carbons (Fsp3) is 0.538. The summed E-state index contributed by atoms with van der Waals surface area (Å²) in [7, 11) is 0. The smallest absolute Gasteiger partial charge is 0.422 e. The second kappa shape index (κ2) is 10.1. The molecule has 3 rings (SSSR count). The molecule has 1 aromatic rings. The molecule has 0 radical (unpaired) electrons. The van der Waals surface area contributed by atoms with Gasteiger partial charge >= 0.3 is 6.18 Å². The van der Waals surface area contributed by atoms with E-state index in [1.165, 1.54) is 23.4 Å². The summed E-state index contributed by atoms with van der Waals surface area (Å²) in [6, 6.07) is 8.34. The first-order chi connectivity index (χ1) is 15.4. The van der Waals surface area contributed by atoms with Gasteiger partial charge < -0.3 is 10.1 Å². The molecule has 1 N–H and O–H groups in total. The van der Waals surface area contributed by atoms with Crippen molar-refractivity contribution in [2.24, 2.45) is 10.9 Å². The van der Waals surface area contributed by atoms with Gasteiger partial charge in [0.1, 0.15) is 5.76 Å². The number of benzene rings is 1. The molecule has 1 aliphatic carbocycles. The van der Waals surface area contributed by atoms with E-state index < -0.39 is 12.8 Å². The Morgan fingerprint density at radius 1 is 1.21 bits per heavy atom. The minimum atomic E-state index is -4.42. The third-order valence-electron chi connectivity index (χ3n) is 6.02. The Kier molecular flexibility index (Phi) is 7.70. The van der Waals surface area contributed by atoms with Crippen LogP contribution >= 0.6 is 0 Å². The van der Waals surface area contributed by atoms with Crippen LogP contribution < -0.4 is 5.32 Å². The van der Waals surface area contributed by atoms with Gasteiger partial charge in [0.25, 0.3) is 0 Å². The van der Waals surface area contributed by atoms with Crippen molar-refractivity contribution < 1.29 is 22.7 Å². The van der Waals surface area contributed by atoms with Crippen molar-refractivity contribution in [1.29, 1.82) is 0 Å². The zero-order chi connectivity index (χ0) is 24.2. The Balaban J connectivity index is 1.56. The number of allylic oxidation sites excluding steroid dienone is 3. The maximum absolute atomic E-state index is 12.8. The van der Waals surface area contributed by atoms with Gasteiger partial charge in [-0.15, -0.1) is 0 Å². The molecule has 0 aromatic heterocycles. The number of carbonyl (C=O) groups excluding carboxylic acids is 1. The van der Waals surface area contributed by atoms with Crippen molar-refractivity contribution >= 4 is 12.1 Å². The van der Waals surface area contributed by atoms with Crippen LogP contribution in [0, 0.1) is 5.92 Å². The van der Waals surface area contributed by atoms with E-state index in [4.69, 9.17) is 4.74 Å². The molecule has 1 aliphatic heterocycles. The number of halogens is 3. The molecule has 1 saturated carbocycles. The van der Waals surface area contributed by atoms with Crippen molar-refractivity contribution in [2.45, 2.75) is 70.0 Å². The molecule has 180 valence electrons. The van der Waals surface area contributed by atoms with Gasteiger partial charge in [0, 0.05) is 12.0 Å². The lowest BCUT2D eigenvalue weighted by Gasteiger charge is -2.19. The highest BCUT2D eigenvalue weighted by atomic mass is 19.4. The summed E-state index contributed by atoms with van der Waals surface area (Å²) in [6.45, 7) is 9.32. The SMILES string of the molecule is C=C1/C=C(/OCC(F)(F)F)C=NCC(NC(=O)C2CC2c2ccc(C(C)(C)C)cc2)CCC1. The second-order valence-electron chi connectivity index (χ2n) is 10.0. The minimum Gasteiger partial charge on any atom is -0.483 e. The molecule has 1 aromatic carbocycles. The molecule has 2 aliphatic rings. The molecule has 33 heavy (non-hydrogen) atoms. The Bertz CT molecular complexity index is 911. The standard InChI is InChI=1S/C26H33F3N2O2/c1-17-6-5-7-20(14-30-15-21(12-17)33-16-26(27,28)29)31-24(32)23-13-22(23)18-8-10-19(11-9-18)25(2,3)4/h8-12,15,20,22-23H,1,5-7,13-14,16H2,2-4H3,(H,31,32)/b21-12+,30-15?. The molecule has 1 amide bonds. The van der Waals surface area contributed by atoms with Crippen LogP contribution in [-0.4, -0.2) is 37.5 Å². The predicted molar refractivity (Wildman–Crippen MR) is 124 cm³/mol. The Morgan fingerprint density at radius 3 is 2.55 bits per heavy atom. The molecule has 1 heterocycles. The predicted octanol–water partition coefficient (Wildman–Crippen LogP) is 5.85. The molecular formula is C26H33F3N2O2. The zero-order valence-electron chi connectivity index (χ0n) is 19.5. The molecule has 4 nitrogen and oxygen atoms in total. The number of ether oxygens (including phenoxy) is 1. The number of hydrogen-bond acceptors (Lipinski definition) is 3. The van der Waals surface area contributed by atoms with Crippen LogP contribution in [0.2, 0.25) is 0 Å². The summed E-state index contributed by atoms with van der Waals surface area (Å²) in [5.41, 5.74) is 3.21. The van der Waals surface area contributed by atoms with E-state index >= 15 is 0 Å². The maximum Gasteiger partial charge on any atom is 0.422 e. The van der Waals surface area contributed by atoms with Crippen molar-refractivity contribution in [3.63, 3.8) is 0 Å². The summed E-state index contributed by atoms with van der Waals surface area (Å²) in [5.74, 6) is 0.225. The number of hydrogen-bond donors (Lipinski definition) is 1. The molecule has 0 spiro atoms. The molecular weight excluding hydrogens is 429 g/mol. The monoisotopic (exact) mass is 462 g/mol. The highest BCUT2D eigenvalue weighted by Gasteiger charge is 2.44. The van der Waals surface area contributed by atoms with Crippen molar-refractivity contribution in [2.75, 3.05) is 13.2 Å². The van der Waals surface area contributed by atoms with Gasteiger partial charge in [-0.25, -0.2) is 0 Å². The Hall–Kier alpha value is -2.57. The lowest BCUT2D eigenvalue weighted by molar-refractivity contribution is -0.163. The van der Waals surface area contributed by atoms with Gasteiger partial charge in [0.2, 0.25) is 5.91 Å². The van der Waals surface area contributed by atoms with Gasteiger partial charge in [0.05, 0.1) is 12.8 Å². The van der Waals surface area contributed by atoms with Crippen LogP contribution in [-0.2, 0) is 14.9 Å². The number of nitrogens with zero attached hydrogens (tertiary/aromatic N) is 1. The number of rotatable bonds is 5. The summed E-state index contributed by atoms with van der Waals surface area (Å²) in [6.07, 6.45) is 1.29. The first kappa shape index (κ1) is 25.1. The van der Waals surface area contributed by atoms with Crippen molar-refractivity contribution in [1.82, 2.24) is 5.32 Å². The fourth-order valence-electron chi connectivity index (χ4n) is 4.00. The molecule has 0 bridgehead atoms.